The second-order valence-electron chi connectivity index (χ2n) is 7.30. The predicted molar refractivity (Wildman–Crippen MR) is 107 cm³/mol. The summed E-state index contributed by atoms with van der Waals surface area (Å²) in [5.74, 6) is -0.190. The number of nitrogens with one attached hydrogen (secondary N) is 1. The van der Waals surface area contributed by atoms with Crippen molar-refractivity contribution in [3.8, 4) is 0 Å². The van der Waals surface area contributed by atoms with E-state index in [-0.39, 0.29) is 25.0 Å². The summed E-state index contributed by atoms with van der Waals surface area (Å²) in [6.45, 7) is 3.32. The fraction of sp³-hybridized carbons (Fsp3) is 0.632. The standard InChI is InChI=1S/C19H29N3O4S/c1-27(24,25)22(15-18-5-4-14-26-18)13-10-19(23)20-16-6-8-17(9-7-16)21-11-2-3-12-21/h6-9,18H,2-5,10-15H2,1H3,(H,20,23). The minimum Gasteiger partial charge on any atom is -0.377 e. The van der Waals surface area contributed by atoms with E-state index in [1.807, 2.05) is 24.3 Å². The van der Waals surface area contributed by atoms with Crippen LogP contribution in [-0.4, -0.2) is 63.8 Å². The Balaban J connectivity index is 1.49. The molecular formula is C19H29N3O4S. The van der Waals surface area contributed by atoms with Crippen molar-refractivity contribution >= 4 is 27.3 Å². The van der Waals surface area contributed by atoms with E-state index in [2.05, 4.69) is 10.2 Å². The van der Waals surface area contributed by atoms with Crippen LogP contribution in [0.5, 0.6) is 0 Å². The number of nitrogens with zero attached hydrogens (tertiary/aromatic N) is 2. The van der Waals surface area contributed by atoms with Crippen LogP contribution in [0, 0.1) is 0 Å². The van der Waals surface area contributed by atoms with Gasteiger partial charge in [-0.15, -0.1) is 0 Å². The van der Waals surface area contributed by atoms with Crippen LogP contribution < -0.4 is 10.2 Å². The number of carbonyl (C=O) groups excluding carboxylic acids is 1. The molecule has 1 amide bonds. The van der Waals surface area contributed by atoms with Gasteiger partial charge in [-0.3, -0.25) is 4.79 Å². The van der Waals surface area contributed by atoms with Crippen molar-refractivity contribution in [2.24, 2.45) is 0 Å². The zero-order valence-corrected chi connectivity index (χ0v) is 16.7. The molecule has 2 saturated heterocycles. The first-order valence-corrected chi connectivity index (χ1v) is 11.5. The maximum Gasteiger partial charge on any atom is 0.225 e. The number of carbonyl (C=O) groups is 1. The molecule has 2 aliphatic rings. The minimum absolute atomic E-state index is 0.0686. The van der Waals surface area contributed by atoms with Crippen molar-refractivity contribution in [1.29, 1.82) is 0 Å². The van der Waals surface area contributed by atoms with Crippen LogP contribution in [0.3, 0.4) is 0 Å². The first kappa shape index (κ1) is 20.1. The van der Waals surface area contributed by atoms with Gasteiger partial charge >= 0.3 is 0 Å². The maximum atomic E-state index is 12.2. The van der Waals surface area contributed by atoms with Crippen LogP contribution in [0.1, 0.15) is 32.1 Å². The van der Waals surface area contributed by atoms with Crippen molar-refractivity contribution in [2.45, 2.75) is 38.2 Å². The third-order valence-corrected chi connectivity index (χ3v) is 6.38. The van der Waals surface area contributed by atoms with Crippen molar-refractivity contribution in [3.63, 3.8) is 0 Å². The van der Waals surface area contributed by atoms with Gasteiger partial charge in [-0.2, -0.15) is 4.31 Å². The van der Waals surface area contributed by atoms with Crippen LogP contribution in [-0.2, 0) is 19.6 Å². The molecule has 0 saturated carbocycles. The Morgan fingerprint density at radius 1 is 1.22 bits per heavy atom. The van der Waals surface area contributed by atoms with Crippen molar-refractivity contribution in [3.05, 3.63) is 24.3 Å². The Labute approximate surface area is 161 Å². The van der Waals surface area contributed by atoms with E-state index in [0.717, 1.165) is 31.6 Å². The van der Waals surface area contributed by atoms with Gasteiger partial charge < -0.3 is 15.0 Å². The van der Waals surface area contributed by atoms with Crippen LogP contribution in [0.15, 0.2) is 24.3 Å². The van der Waals surface area contributed by atoms with Crippen molar-refractivity contribution in [1.82, 2.24) is 4.31 Å². The molecule has 2 heterocycles. The molecule has 1 N–H and O–H groups in total. The topological polar surface area (TPSA) is 79.0 Å². The van der Waals surface area contributed by atoms with Crippen LogP contribution in [0.25, 0.3) is 0 Å². The zero-order valence-electron chi connectivity index (χ0n) is 15.9. The van der Waals surface area contributed by atoms with Crippen molar-refractivity contribution < 1.29 is 17.9 Å². The number of hydrogen-bond acceptors (Lipinski definition) is 5. The number of benzene rings is 1. The van der Waals surface area contributed by atoms with Crippen LogP contribution in [0.4, 0.5) is 11.4 Å². The number of anilines is 2. The van der Waals surface area contributed by atoms with Gasteiger partial charge in [0, 0.05) is 50.6 Å². The predicted octanol–water partition coefficient (Wildman–Crippen LogP) is 2.06. The fourth-order valence-corrected chi connectivity index (χ4v) is 4.45. The molecule has 1 atom stereocenters. The number of sulfonamides is 1. The summed E-state index contributed by atoms with van der Waals surface area (Å²) in [6, 6.07) is 7.82. The summed E-state index contributed by atoms with van der Waals surface area (Å²) in [5.41, 5.74) is 1.90. The lowest BCUT2D eigenvalue weighted by atomic mass is 10.2. The van der Waals surface area contributed by atoms with Gasteiger partial charge in [0.2, 0.25) is 15.9 Å². The fourth-order valence-electron chi connectivity index (χ4n) is 3.59. The summed E-state index contributed by atoms with van der Waals surface area (Å²) >= 11 is 0. The second-order valence-corrected chi connectivity index (χ2v) is 9.28. The number of rotatable bonds is 8. The zero-order chi connectivity index (χ0) is 19.3. The Morgan fingerprint density at radius 2 is 1.93 bits per heavy atom. The lowest BCUT2D eigenvalue weighted by Gasteiger charge is -2.22. The Bertz CT molecular complexity index is 724. The highest BCUT2D eigenvalue weighted by molar-refractivity contribution is 7.88. The summed E-state index contributed by atoms with van der Waals surface area (Å²) in [6.07, 6.45) is 5.49. The van der Waals surface area contributed by atoms with Crippen LogP contribution >= 0.6 is 0 Å². The molecule has 1 aromatic carbocycles. The Morgan fingerprint density at radius 3 is 2.52 bits per heavy atom. The molecule has 1 unspecified atom stereocenters. The molecular weight excluding hydrogens is 366 g/mol. The van der Waals surface area contributed by atoms with Crippen molar-refractivity contribution in [2.75, 3.05) is 49.3 Å². The van der Waals surface area contributed by atoms with E-state index >= 15 is 0 Å². The smallest absolute Gasteiger partial charge is 0.225 e. The molecule has 2 fully saturated rings. The van der Waals surface area contributed by atoms with E-state index in [4.69, 9.17) is 4.74 Å². The van der Waals surface area contributed by atoms with Gasteiger partial charge in [0.05, 0.1) is 12.4 Å². The van der Waals surface area contributed by atoms with Gasteiger partial charge in [-0.1, -0.05) is 0 Å². The first-order chi connectivity index (χ1) is 12.9. The van der Waals surface area contributed by atoms with Gasteiger partial charge in [-0.25, -0.2) is 8.42 Å². The Kier molecular flexibility index (Phi) is 6.73. The largest absolute Gasteiger partial charge is 0.377 e. The van der Waals surface area contributed by atoms with Gasteiger partial charge in [0.15, 0.2) is 0 Å². The first-order valence-electron chi connectivity index (χ1n) is 9.63. The molecule has 0 aliphatic carbocycles. The molecule has 0 bridgehead atoms. The molecule has 7 nitrogen and oxygen atoms in total. The number of amides is 1. The Hall–Kier alpha value is -1.64. The molecule has 3 rings (SSSR count). The molecule has 0 aromatic heterocycles. The van der Waals surface area contributed by atoms with E-state index < -0.39 is 10.0 Å². The summed E-state index contributed by atoms with van der Waals surface area (Å²) < 4.78 is 30.8. The van der Waals surface area contributed by atoms with Crippen LogP contribution in [0.2, 0.25) is 0 Å². The summed E-state index contributed by atoms with van der Waals surface area (Å²) in [4.78, 5) is 14.6. The number of ether oxygens (including phenoxy) is 1. The highest BCUT2D eigenvalue weighted by Gasteiger charge is 2.25. The third kappa shape index (κ3) is 5.92. The summed E-state index contributed by atoms with van der Waals surface area (Å²) in [5, 5.41) is 2.85. The quantitative estimate of drug-likeness (QED) is 0.729. The monoisotopic (exact) mass is 395 g/mol. The molecule has 8 heteroatoms. The van der Waals surface area contributed by atoms with E-state index in [9.17, 15) is 13.2 Å². The molecule has 2 aliphatic heterocycles. The third-order valence-electron chi connectivity index (χ3n) is 5.11. The van der Waals surface area contributed by atoms with Gasteiger partial charge in [0.25, 0.3) is 0 Å². The average molecular weight is 396 g/mol. The lowest BCUT2D eigenvalue weighted by Crippen LogP contribution is -2.38. The highest BCUT2D eigenvalue weighted by Crippen LogP contribution is 2.22. The normalized spacial score (nSPS) is 20.4. The number of hydrogen-bond donors (Lipinski definition) is 1. The second kappa shape index (κ2) is 9.03. The average Bonchev–Trinajstić information content (AvgIpc) is 3.32. The van der Waals surface area contributed by atoms with E-state index in [1.165, 1.54) is 29.1 Å². The molecule has 150 valence electrons. The van der Waals surface area contributed by atoms with Gasteiger partial charge in [0.1, 0.15) is 0 Å². The van der Waals surface area contributed by atoms with Gasteiger partial charge in [-0.05, 0) is 49.9 Å². The maximum absolute atomic E-state index is 12.2. The van der Waals surface area contributed by atoms with E-state index in [1.54, 1.807) is 0 Å². The molecule has 1 aromatic rings. The minimum atomic E-state index is -3.37. The summed E-state index contributed by atoms with van der Waals surface area (Å²) in [7, 11) is -3.37. The lowest BCUT2D eigenvalue weighted by molar-refractivity contribution is -0.116. The molecule has 0 spiro atoms. The highest BCUT2D eigenvalue weighted by atomic mass is 32.2. The molecule has 27 heavy (non-hydrogen) atoms. The van der Waals surface area contributed by atoms with E-state index in [0.29, 0.717) is 13.2 Å². The SMILES string of the molecule is CS(=O)(=O)N(CCC(=O)Nc1ccc(N2CCCC2)cc1)CC1CCCO1. The molecule has 0 radical (unpaired) electrons.